The van der Waals surface area contributed by atoms with Crippen LogP contribution in [0.4, 0.5) is 5.69 Å². The molecule has 0 aromatic heterocycles. The maximum absolute atomic E-state index is 11.1. The molecule has 20 heavy (non-hydrogen) atoms. The highest BCUT2D eigenvalue weighted by Crippen LogP contribution is 2.47. The molecule has 1 aliphatic carbocycles. The summed E-state index contributed by atoms with van der Waals surface area (Å²) in [5.74, 6) is 0.384. The van der Waals surface area contributed by atoms with Crippen LogP contribution in [0.3, 0.4) is 0 Å². The maximum Gasteiger partial charge on any atom is 0.310 e. The van der Waals surface area contributed by atoms with E-state index in [9.17, 15) is 10.1 Å². The monoisotopic (exact) mass is 278 g/mol. The number of hydrogen-bond donors (Lipinski definition) is 1. The van der Waals surface area contributed by atoms with Crippen LogP contribution in [-0.4, -0.2) is 24.1 Å². The lowest BCUT2D eigenvalue weighted by Crippen LogP contribution is -2.62. The molecule has 0 saturated heterocycles. The second kappa shape index (κ2) is 5.40. The summed E-state index contributed by atoms with van der Waals surface area (Å²) in [5.41, 5.74) is 1.03. The van der Waals surface area contributed by atoms with Crippen LogP contribution in [0.2, 0.25) is 0 Å². The Morgan fingerprint density at radius 2 is 2.25 bits per heavy atom. The zero-order valence-electron chi connectivity index (χ0n) is 12.5. The van der Waals surface area contributed by atoms with E-state index in [-0.39, 0.29) is 22.1 Å². The standard InChI is InChI=1S/C15H22N2O3/c1-5-15(3)13(16-4)9-14(15)20-12-8-10(2)6-7-11(12)17(18)19/h6-8,13-14,16H,5,9H2,1-4H3. The van der Waals surface area contributed by atoms with Crippen LogP contribution < -0.4 is 10.1 Å². The Kier molecular flexibility index (Phi) is 3.99. The quantitative estimate of drug-likeness (QED) is 0.664. The molecule has 1 aromatic rings. The second-order valence-corrected chi connectivity index (χ2v) is 5.77. The first-order valence-corrected chi connectivity index (χ1v) is 7.01. The van der Waals surface area contributed by atoms with Crippen LogP contribution >= 0.6 is 0 Å². The van der Waals surface area contributed by atoms with Gasteiger partial charge in [0.1, 0.15) is 6.10 Å². The molecule has 3 unspecified atom stereocenters. The summed E-state index contributed by atoms with van der Waals surface area (Å²) in [6, 6.07) is 5.41. The molecule has 1 N–H and O–H groups in total. The molecule has 1 aromatic carbocycles. The van der Waals surface area contributed by atoms with Crippen LogP contribution in [-0.2, 0) is 0 Å². The van der Waals surface area contributed by atoms with E-state index in [1.165, 1.54) is 6.07 Å². The lowest BCUT2D eigenvalue weighted by Gasteiger charge is -2.53. The van der Waals surface area contributed by atoms with E-state index in [0.29, 0.717) is 11.8 Å². The first kappa shape index (κ1) is 14.8. The Morgan fingerprint density at radius 3 is 2.80 bits per heavy atom. The van der Waals surface area contributed by atoms with Crippen LogP contribution in [0, 0.1) is 22.5 Å². The van der Waals surface area contributed by atoms with Crippen molar-refractivity contribution in [2.45, 2.75) is 45.8 Å². The number of nitrogens with zero attached hydrogens (tertiary/aromatic N) is 1. The van der Waals surface area contributed by atoms with Crippen LogP contribution in [0.15, 0.2) is 18.2 Å². The molecule has 1 fully saturated rings. The number of rotatable bonds is 5. The largest absolute Gasteiger partial charge is 0.483 e. The summed E-state index contributed by atoms with van der Waals surface area (Å²) in [7, 11) is 1.95. The van der Waals surface area contributed by atoms with E-state index in [1.54, 1.807) is 12.1 Å². The first-order chi connectivity index (χ1) is 9.42. The molecule has 1 saturated carbocycles. The Bertz CT molecular complexity index is 518. The molecule has 0 radical (unpaired) electrons. The Morgan fingerprint density at radius 1 is 1.55 bits per heavy atom. The van der Waals surface area contributed by atoms with Gasteiger partial charge in [0.05, 0.1) is 4.92 Å². The summed E-state index contributed by atoms with van der Waals surface area (Å²) in [4.78, 5) is 10.7. The highest BCUT2D eigenvalue weighted by atomic mass is 16.6. The van der Waals surface area contributed by atoms with Gasteiger partial charge in [-0.3, -0.25) is 10.1 Å². The third-order valence-electron chi connectivity index (χ3n) is 4.67. The van der Waals surface area contributed by atoms with Crippen molar-refractivity contribution in [2.75, 3.05) is 7.05 Å². The summed E-state index contributed by atoms with van der Waals surface area (Å²) < 4.78 is 5.98. The fourth-order valence-corrected chi connectivity index (χ4v) is 2.94. The van der Waals surface area contributed by atoms with E-state index in [4.69, 9.17) is 4.74 Å². The van der Waals surface area contributed by atoms with Crippen molar-refractivity contribution < 1.29 is 9.66 Å². The summed E-state index contributed by atoms with van der Waals surface area (Å²) in [6.07, 6.45) is 1.87. The van der Waals surface area contributed by atoms with Gasteiger partial charge < -0.3 is 10.1 Å². The molecule has 0 aliphatic heterocycles. The third kappa shape index (κ3) is 2.38. The minimum Gasteiger partial charge on any atom is -0.483 e. The number of benzene rings is 1. The second-order valence-electron chi connectivity index (χ2n) is 5.77. The molecule has 5 heteroatoms. The summed E-state index contributed by atoms with van der Waals surface area (Å²) >= 11 is 0. The Hall–Kier alpha value is -1.62. The molecule has 0 amide bonds. The summed E-state index contributed by atoms with van der Waals surface area (Å²) in [6.45, 7) is 6.21. The minimum atomic E-state index is -0.383. The zero-order chi connectivity index (χ0) is 14.9. The summed E-state index contributed by atoms with van der Waals surface area (Å²) in [5, 5.41) is 14.4. The number of ether oxygens (including phenoxy) is 1. The number of hydrogen-bond acceptors (Lipinski definition) is 4. The number of nitro groups is 1. The predicted octanol–water partition coefficient (Wildman–Crippen LogP) is 3.06. The van der Waals surface area contributed by atoms with E-state index in [0.717, 1.165) is 18.4 Å². The average Bonchev–Trinajstić information content (AvgIpc) is 2.41. The van der Waals surface area contributed by atoms with Gasteiger partial charge in [0.15, 0.2) is 5.75 Å². The van der Waals surface area contributed by atoms with Gasteiger partial charge in [-0.05, 0) is 32.0 Å². The van der Waals surface area contributed by atoms with Gasteiger partial charge >= 0.3 is 5.69 Å². The van der Waals surface area contributed by atoms with Gasteiger partial charge in [-0.1, -0.05) is 19.9 Å². The zero-order valence-corrected chi connectivity index (χ0v) is 12.5. The highest BCUT2D eigenvalue weighted by molar-refractivity contribution is 5.48. The van der Waals surface area contributed by atoms with Crippen molar-refractivity contribution in [1.29, 1.82) is 0 Å². The Balaban J connectivity index is 2.23. The van der Waals surface area contributed by atoms with Crippen molar-refractivity contribution in [3.8, 4) is 5.75 Å². The van der Waals surface area contributed by atoms with Crippen molar-refractivity contribution in [2.24, 2.45) is 5.41 Å². The van der Waals surface area contributed by atoms with Crippen molar-refractivity contribution in [3.05, 3.63) is 33.9 Å². The van der Waals surface area contributed by atoms with E-state index in [2.05, 4.69) is 19.2 Å². The smallest absolute Gasteiger partial charge is 0.310 e. The maximum atomic E-state index is 11.1. The van der Waals surface area contributed by atoms with Gasteiger partial charge in [0, 0.05) is 23.9 Å². The molecular formula is C15H22N2O3. The third-order valence-corrected chi connectivity index (χ3v) is 4.67. The van der Waals surface area contributed by atoms with Crippen molar-refractivity contribution in [1.82, 2.24) is 5.32 Å². The molecule has 3 atom stereocenters. The van der Waals surface area contributed by atoms with Gasteiger partial charge in [-0.15, -0.1) is 0 Å². The number of nitro benzene ring substituents is 1. The van der Waals surface area contributed by atoms with Crippen LogP contribution in [0.1, 0.15) is 32.3 Å². The normalized spacial score (nSPS) is 28.8. The average molecular weight is 278 g/mol. The van der Waals surface area contributed by atoms with Crippen LogP contribution in [0.5, 0.6) is 5.75 Å². The number of aryl methyl sites for hydroxylation is 1. The predicted molar refractivity (Wildman–Crippen MR) is 78.1 cm³/mol. The molecule has 0 bridgehead atoms. The first-order valence-electron chi connectivity index (χ1n) is 7.01. The number of nitrogens with one attached hydrogen (secondary N) is 1. The Labute approximate surface area is 119 Å². The SMILES string of the molecule is CCC1(C)C(NC)CC1Oc1cc(C)ccc1[N+](=O)[O-]. The fraction of sp³-hybridized carbons (Fsp3) is 0.600. The van der Waals surface area contributed by atoms with Gasteiger partial charge in [-0.25, -0.2) is 0 Å². The molecule has 0 heterocycles. The van der Waals surface area contributed by atoms with Crippen molar-refractivity contribution >= 4 is 5.69 Å². The topological polar surface area (TPSA) is 64.4 Å². The van der Waals surface area contributed by atoms with Gasteiger partial charge in [0.2, 0.25) is 0 Å². The molecular weight excluding hydrogens is 256 g/mol. The lowest BCUT2D eigenvalue weighted by molar-refractivity contribution is -0.386. The minimum absolute atomic E-state index is 0.0189. The van der Waals surface area contributed by atoms with Crippen LogP contribution in [0.25, 0.3) is 0 Å². The molecule has 2 rings (SSSR count). The lowest BCUT2D eigenvalue weighted by atomic mass is 9.61. The molecule has 0 spiro atoms. The molecule has 1 aliphatic rings. The molecule has 5 nitrogen and oxygen atoms in total. The van der Waals surface area contributed by atoms with E-state index < -0.39 is 0 Å². The molecule has 110 valence electrons. The van der Waals surface area contributed by atoms with Crippen molar-refractivity contribution in [3.63, 3.8) is 0 Å². The highest BCUT2D eigenvalue weighted by Gasteiger charge is 2.51. The van der Waals surface area contributed by atoms with E-state index >= 15 is 0 Å². The van der Waals surface area contributed by atoms with Gasteiger partial charge in [0.25, 0.3) is 0 Å². The van der Waals surface area contributed by atoms with Gasteiger partial charge in [-0.2, -0.15) is 0 Å². The van der Waals surface area contributed by atoms with E-state index in [1.807, 2.05) is 14.0 Å². The fourth-order valence-electron chi connectivity index (χ4n) is 2.94.